The predicted molar refractivity (Wildman–Crippen MR) is 64.3 cm³/mol. The number of aromatic nitrogens is 1. The van der Waals surface area contributed by atoms with Gasteiger partial charge in [0.25, 0.3) is 0 Å². The second-order valence-corrected chi connectivity index (χ2v) is 4.74. The van der Waals surface area contributed by atoms with Gasteiger partial charge >= 0.3 is 0 Å². The number of nitrogens with one attached hydrogen (secondary N) is 1. The summed E-state index contributed by atoms with van der Waals surface area (Å²) >= 11 is 0. The van der Waals surface area contributed by atoms with Crippen molar-refractivity contribution in [3.63, 3.8) is 0 Å². The van der Waals surface area contributed by atoms with Crippen molar-refractivity contribution in [2.24, 2.45) is 0 Å². The van der Waals surface area contributed by atoms with Gasteiger partial charge < -0.3 is 9.73 Å². The number of oxazole rings is 1. The second kappa shape index (κ2) is 5.00. The molecule has 16 heavy (non-hydrogen) atoms. The van der Waals surface area contributed by atoms with Crippen LogP contribution in [0.15, 0.2) is 10.6 Å². The molecule has 0 unspecified atom stereocenters. The van der Waals surface area contributed by atoms with Gasteiger partial charge in [-0.3, -0.25) is 0 Å². The van der Waals surface area contributed by atoms with Gasteiger partial charge in [-0.05, 0) is 25.8 Å². The number of nitrogens with zero attached hydrogens (tertiary/aromatic N) is 1. The lowest BCUT2D eigenvalue weighted by Gasteiger charge is -2.23. The lowest BCUT2D eigenvalue weighted by Crippen LogP contribution is -2.19. The molecule has 1 heterocycles. The van der Waals surface area contributed by atoms with E-state index in [0.29, 0.717) is 0 Å². The molecule has 0 atom stereocenters. The highest BCUT2D eigenvalue weighted by molar-refractivity contribution is 5.13. The summed E-state index contributed by atoms with van der Waals surface area (Å²) in [6.45, 7) is 6.05. The van der Waals surface area contributed by atoms with Crippen LogP contribution in [0.4, 0.5) is 0 Å². The number of hydrogen-bond donors (Lipinski definition) is 1. The predicted octanol–water partition coefficient (Wildman–Crippen LogP) is 3.01. The summed E-state index contributed by atoms with van der Waals surface area (Å²) in [5.74, 6) is 1.94. The normalized spacial score (nSPS) is 19.1. The van der Waals surface area contributed by atoms with Crippen LogP contribution < -0.4 is 5.32 Å². The summed E-state index contributed by atoms with van der Waals surface area (Å²) in [5, 5.41) is 3.24. The Hall–Kier alpha value is -0.830. The molecule has 3 heteroatoms. The van der Waals surface area contributed by atoms with Crippen LogP contribution in [-0.4, -0.2) is 11.5 Å². The molecule has 1 N–H and O–H groups in total. The summed E-state index contributed by atoms with van der Waals surface area (Å²) in [6, 6.07) is 0. The summed E-state index contributed by atoms with van der Waals surface area (Å²) in [6.07, 6.45) is 8.30. The third kappa shape index (κ3) is 2.14. The van der Waals surface area contributed by atoms with Gasteiger partial charge in [-0.15, -0.1) is 0 Å². The van der Waals surface area contributed by atoms with E-state index in [9.17, 15) is 0 Å². The molecule has 0 bridgehead atoms. The van der Waals surface area contributed by atoms with Crippen molar-refractivity contribution in [3.05, 3.63) is 17.8 Å². The molecule has 0 saturated heterocycles. The van der Waals surface area contributed by atoms with Gasteiger partial charge in [0.2, 0.25) is 5.89 Å². The van der Waals surface area contributed by atoms with E-state index in [1.807, 2.05) is 6.20 Å². The van der Waals surface area contributed by atoms with E-state index in [4.69, 9.17) is 4.42 Å². The van der Waals surface area contributed by atoms with Crippen LogP contribution in [0.5, 0.6) is 0 Å². The second-order valence-electron chi connectivity index (χ2n) is 4.74. The molecule has 1 saturated carbocycles. The van der Waals surface area contributed by atoms with Crippen LogP contribution in [0.1, 0.15) is 57.6 Å². The van der Waals surface area contributed by atoms with Crippen molar-refractivity contribution in [1.29, 1.82) is 0 Å². The first kappa shape index (κ1) is 11.6. The molecule has 1 aliphatic carbocycles. The van der Waals surface area contributed by atoms with Crippen LogP contribution in [0.2, 0.25) is 0 Å². The molecule has 0 radical (unpaired) electrons. The van der Waals surface area contributed by atoms with E-state index in [-0.39, 0.29) is 5.41 Å². The molecule has 1 fully saturated rings. The summed E-state index contributed by atoms with van der Waals surface area (Å²) in [7, 11) is 0. The van der Waals surface area contributed by atoms with E-state index in [2.05, 4.69) is 24.1 Å². The van der Waals surface area contributed by atoms with Crippen LogP contribution >= 0.6 is 0 Å². The van der Waals surface area contributed by atoms with Gasteiger partial charge in [0, 0.05) is 5.41 Å². The molecule has 2 rings (SSSR count). The fraction of sp³-hybridized carbons (Fsp3) is 0.769. The van der Waals surface area contributed by atoms with Gasteiger partial charge in [0.1, 0.15) is 5.76 Å². The Morgan fingerprint density at radius 1 is 1.38 bits per heavy atom. The maximum Gasteiger partial charge on any atom is 0.208 e. The summed E-state index contributed by atoms with van der Waals surface area (Å²) < 4.78 is 5.89. The lowest BCUT2D eigenvalue weighted by molar-refractivity contribution is 0.314. The smallest absolute Gasteiger partial charge is 0.208 e. The lowest BCUT2D eigenvalue weighted by atomic mass is 9.81. The third-order valence-corrected chi connectivity index (χ3v) is 3.84. The first-order chi connectivity index (χ1) is 7.80. The number of hydrogen-bond acceptors (Lipinski definition) is 3. The van der Waals surface area contributed by atoms with E-state index in [1.165, 1.54) is 32.1 Å². The molecule has 3 nitrogen and oxygen atoms in total. The Morgan fingerprint density at radius 3 is 2.75 bits per heavy atom. The zero-order valence-electron chi connectivity index (χ0n) is 10.4. The highest BCUT2D eigenvalue weighted by atomic mass is 16.4. The van der Waals surface area contributed by atoms with Crippen molar-refractivity contribution in [3.8, 4) is 0 Å². The first-order valence-corrected chi connectivity index (χ1v) is 6.46. The van der Waals surface area contributed by atoms with Crippen molar-refractivity contribution >= 4 is 0 Å². The highest BCUT2D eigenvalue weighted by Gasteiger charge is 2.37. The summed E-state index contributed by atoms with van der Waals surface area (Å²) in [5.41, 5.74) is 0.289. The Kier molecular flexibility index (Phi) is 3.64. The minimum Gasteiger partial charge on any atom is -0.444 e. The van der Waals surface area contributed by atoms with Gasteiger partial charge in [-0.2, -0.15) is 0 Å². The SMILES string of the molecule is CCNCc1ncc(C2(CC)CCCC2)o1. The monoisotopic (exact) mass is 222 g/mol. The maximum atomic E-state index is 5.89. The zero-order valence-corrected chi connectivity index (χ0v) is 10.4. The van der Waals surface area contributed by atoms with Crippen molar-refractivity contribution < 1.29 is 4.42 Å². The third-order valence-electron chi connectivity index (χ3n) is 3.84. The highest BCUT2D eigenvalue weighted by Crippen LogP contribution is 2.43. The Labute approximate surface area is 97.6 Å². The van der Waals surface area contributed by atoms with Gasteiger partial charge in [0.05, 0.1) is 12.7 Å². The zero-order chi connectivity index (χ0) is 11.4. The van der Waals surface area contributed by atoms with Crippen LogP contribution in [0.3, 0.4) is 0 Å². The molecular weight excluding hydrogens is 200 g/mol. The fourth-order valence-corrected chi connectivity index (χ4v) is 2.70. The molecule has 0 aromatic carbocycles. The van der Waals surface area contributed by atoms with Crippen LogP contribution in [0.25, 0.3) is 0 Å². The fourth-order valence-electron chi connectivity index (χ4n) is 2.70. The standard InChI is InChI=1S/C13H22N2O/c1-3-13(7-5-6-8-13)11-9-15-12(16-11)10-14-4-2/h9,14H,3-8,10H2,1-2H3. The van der Waals surface area contributed by atoms with Crippen LogP contribution in [-0.2, 0) is 12.0 Å². The molecular formula is C13H22N2O. The minimum absolute atomic E-state index is 0.289. The quantitative estimate of drug-likeness (QED) is 0.832. The van der Waals surface area contributed by atoms with E-state index >= 15 is 0 Å². The summed E-state index contributed by atoms with van der Waals surface area (Å²) in [4.78, 5) is 4.36. The molecule has 1 aromatic rings. The molecule has 1 aromatic heterocycles. The van der Waals surface area contributed by atoms with E-state index in [0.717, 1.165) is 24.7 Å². The van der Waals surface area contributed by atoms with Crippen LogP contribution in [0, 0.1) is 0 Å². The van der Waals surface area contributed by atoms with Crippen molar-refractivity contribution in [2.75, 3.05) is 6.54 Å². The van der Waals surface area contributed by atoms with Crippen molar-refractivity contribution in [2.45, 2.75) is 57.9 Å². The Morgan fingerprint density at radius 2 is 2.12 bits per heavy atom. The van der Waals surface area contributed by atoms with E-state index < -0.39 is 0 Å². The average Bonchev–Trinajstić information content (AvgIpc) is 2.95. The number of rotatable bonds is 5. The van der Waals surface area contributed by atoms with Gasteiger partial charge in [-0.25, -0.2) is 4.98 Å². The van der Waals surface area contributed by atoms with E-state index in [1.54, 1.807) is 0 Å². The van der Waals surface area contributed by atoms with Crippen molar-refractivity contribution in [1.82, 2.24) is 10.3 Å². The molecule has 1 aliphatic rings. The first-order valence-electron chi connectivity index (χ1n) is 6.46. The Balaban J connectivity index is 2.10. The van der Waals surface area contributed by atoms with Gasteiger partial charge in [-0.1, -0.05) is 26.7 Å². The average molecular weight is 222 g/mol. The van der Waals surface area contributed by atoms with Gasteiger partial charge in [0.15, 0.2) is 0 Å². The maximum absolute atomic E-state index is 5.89. The minimum atomic E-state index is 0.289. The Bertz CT molecular complexity index is 326. The molecule has 0 amide bonds. The topological polar surface area (TPSA) is 38.1 Å². The largest absolute Gasteiger partial charge is 0.444 e. The molecule has 0 spiro atoms. The molecule has 90 valence electrons. The molecule has 0 aliphatic heterocycles.